The summed E-state index contributed by atoms with van der Waals surface area (Å²) in [7, 11) is 0. The zero-order valence-electron chi connectivity index (χ0n) is 7.43. The van der Waals surface area contributed by atoms with E-state index in [1.165, 1.54) is 25.0 Å². The highest BCUT2D eigenvalue weighted by molar-refractivity contribution is 7.99. The molecule has 0 radical (unpaired) electrons. The maximum Gasteiger partial charge on any atom is 0.167 e. The Morgan fingerprint density at radius 3 is 3.17 bits per heavy atom. The number of unbranched alkanes of at least 4 members (excludes halogenated alkanes) is 1. The van der Waals surface area contributed by atoms with Crippen molar-refractivity contribution < 1.29 is 0 Å². The smallest absolute Gasteiger partial charge is 0.167 e. The zero-order chi connectivity index (χ0) is 8.81. The van der Waals surface area contributed by atoms with Gasteiger partial charge in [-0.2, -0.15) is 0 Å². The first kappa shape index (κ1) is 10.1. The predicted molar refractivity (Wildman–Crippen MR) is 59.5 cm³/mol. The molecule has 0 aliphatic carbocycles. The topological polar surface area (TPSA) is 24.1 Å². The minimum absolute atomic E-state index is 0.547. The second-order valence-electron chi connectivity index (χ2n) is 2.90. The summed E-state index contributed by atoms with van der Waals surface area (Å²) in [6.45, 7) is 3.25. The van der Waals surface area contributed by atoms with Crippen LogP contribution in [-0.2, 0) is 0 Å². The molecule has 0 aromatic heterocycles. The van der Waals surface area contributed by atoms with Crippen LogP contribution in [0.1, 0.15) is 26.2 Å². The number of nitrogens with one attached hydrogen (secondary N) is 2. The van der Waals surface area contributed by atoms with Gasteiger partial charge in [0.15, 0.2) is 5.11 Å². The fraction of sp³-hybridized carbons (Fsp3) is 0.875. The van der Waals surface area contributed by atoms with E-state index in [-0.39, 0.29) is 0 Å². The predicted octanol–water partition coefficient (Wildman–Crippen LogP) is 1.71. The fourth-order valence-corrected chi connectivity index (χ4v) is 2.63. The Labute approximate surface area is 83.9 Å². The lowest BCUT2D eigenvalue weighted by molar-refractivity contribution is 0.642. The van der Waals surface area contributed by atoms with Gasteiger partial charge < -0.3 is 10.6 Å². The molecule has 0 aromatic carbocycles. The molecule has 1 aliphatic rings. The number of thioether (sulfide) groups is 1. The molecule has 1 atom stereocenters. The third-order valence-corrected chi connectivity index (χ3v) is 3.34. The molecule has 0 spiro atoms. The molecule has 1 aliphatic heterocycles. The number of hydrogen-bond acceptors (Lipinski definition) is 2. The molecule has 2 nitrogen and oxygen atoms in total. The van der Waals surface area contributed by atoms with Gasteiger partial charge in [-0.3, -0.25) is 0 Å². The third kappa shape index (κ3) is 3.63. The lowest BCUT2D eigenvalue weighted by Gasteiger charge is -2.25. The Bertz CT molecular complexity index is 150. The molecular formula is C8H16N2S2. The first-order valence-electron chi connectivity index (χ1n) is 4.49. The van der Waals surface area contributed by atoms with Crippen molar-refractivity contribution in [2.75, 3.05) is 12.3 Å². The van der Waals surface area contributed by atoms with E-state index in [4.69, 9.17) is 12.2 Å². The van der Waals surface area contributed by atoms with Gasteiger partial charge in [0.1, 0.15) is 0 Å². The van der Waals surface area contributed by atoms with E-state index in [9.17, 15) is 0 Å². The summed E-state index contributed by atoms with van der Waals surface area (Å²) in [5.41, 5.74) is 0. The lowest BCUT2D eigenvalue weighted by Crippen LogP contribution is -2.47. The van der Waals surface area contributed by atoms with Crippen LogP contribution >= 0.6 is 24.0 Å². The van der Waals surface area contributed by atoms with Crippen LogP contribution < -0.4 is 10.6 Å². The van der Waals surface area contributed by atoms with E-state index in [0.717, 1.165) is 11.7 Å². The van der Waals surface area contributed by atoms with Gasteiger partial charge in [0.25, 0.3) is 0 Å². The van der Waals surface area contributed by atoms with Gasteiger partial charge in [-0.1, -0.05) is 13.3 Å². The Morgan fingerprint density at radius 1 is 1.67 bits per heavy atom. The van der Waals surface area contributed by atoms with Crippen molar-refractivity contribution in [2.24, 2.45) is 0 Å². The van der Waals surface area contributed by atoms with Crippen molar-refractivity contribution in [2.45, 2.75) is 31.6 Å². The molecule has 4 heteroatoms. The van der Waals surface area contributed by atoms with Crippen LogP contribution in [0.5, 0.6) is 0 Å². The van der Waals surface area contributed by atoms with Crippen LogP contribution in [0.2, 0.25) is 0 Å². The Balaban J connectivity index is 2.10. The van der Waals surface area contributed by atoms with E-state index in [2.05, 4.69) is 17.6 Å². The maximum absolute atomic E-state index is 5.03. The van der Waals surface area contributed by atoms with Crippen molar-refractivity contribution in [1.82, 2.24) is 10.6 Å². The van der Waals surface area contributed by atoms with E-state index in [1.54, 1.807) is 0 Å². The Morgan fingerprint density at radius 2 is 2.50 bits per heavy atom. The molecule has 2 N–H and O–H groups in total. The molecule has 0 bridgehead atoms. The van der Waals surface area contributed by atoms with Gasteiger partial charge >= 0.3 is 0 Å². The second-order valence-corrected chi connectivity index (χ2v) is 4.62. The standard InChI is InChI=1S/C8H16N2S2/c1-2-3-6-12-7-4-5-9-8(11)10-7/h7H,2-6H2,1H3,(H2,9,10,11). The third-order valence-electron chi connectivity index (χ3n) is 1.80. The Hall–Kier alpha value is 0.0400. The van der Waals surface area contributed by atoms with Crippen LogP contribution in [0.25, 0.3) is 0 Å². The van der Waals surface area contributed by atoms with Gasteiger partial charge in [-0.15, -0.1) is 11.8 Å². The Kier molecular flexibility index (Phi) is 4.76. The highest BCUT2D eigenvalue weighted by Crippen LogP contribution is 2.15. The SMILES string of the molecule is CCCCSC1CCNC(=S)N1. The molecule has 12 heavy (non-hydrogen) atoms. The average molecular weight is 204 g/mol. The van der Waals surface area contributed by atoms with Crippen molar-refractivity contribution >= 4 is 29.1 Å². The zero-order valence-corrected chi connectivity index (χ0v) is 9.06. The summed E-state index contributed by atoms with van der Waals surface area (Å²) < 4.78 is 0. The summed E-state index contributed by atoms with van der Waals surface area (Å²) in [6, 6.07) is 0. The first-order valence-corrected chi connectivity index (χ1v) is 5.94. The van der Waals surface area contributed by atoms with Crippen molar-refractivity contribution in [3.63, 3.8) is 0 Å². The van der Waals surface area contributed by atoms with Crippen LogP contribution in [0, 0.1) is 0 Å². The molecule has 0 amide bonds. The monoisotopic (exact) mass is 204 g/mol. The summed E-state index contributed by atoms with van der Waals surface area (Å²) >= 11 is 7.01. The summed E-state index contributed by atoms with van der Waals surface area (Å²) in [4.78, 5) is 0. The van der Waals surface area contributed by atoms with Crippen LogP contribution in [0.3, 0.4) is 0 Å². The number of rotatable bonds is 4. The molecule has 1 saturated heterocycles. The number of thiocarbonyl (C=S) groups is 1. The van der Waals surface area contributed by atoms with E-state index >= 15 is 0 Å². The quantitative estimate of drug-likeness (QED) is 0.538. The summed E-state index contributed by atoms with van der Waals surface area (Å²) in [6.07, 6.45) is 3.76. The molecule has 1 rings (SSSR count). The lowest BCUT2D eigenvalue weighted by atomic mass is 10.4. The summed E-state index contributed by atoms with van der Waals surface area (Å²) in [5.74, 6) is 1.25. The molecule has 70 valence electrons. The highest BCUT2D eigenvalue weighted by Gasteiger charge is 2.14. The van der Waals surface area contributed by atoms with Crippen molar-refractivity contribution in [3.8, 4) is 0 Å². The average Bonchev–Trinajstić information content (AvgIpc) is 2.05. The van der Waals surface area contributed by atoms with E-state index in [0.29, 0.717) is 5.37 Å². The van der Waals surface area contributed by atoms with E-state index < -0.39 is 0 Å². The van der Waals surface area contributed by atoms with Gasteiger partial charge in [0, 0.05) is 6.54 Å². The minimum Gasteiger partial charge on any atom is -0.363 e. The van der Waals surface area contributed by atoms with Gasteiger partial charge in [0.2, 0.25) is 0 Å². The maximum atomic E-state index is 5.03. The van der Waals surface area contributed by atoms with Gasteiger partial charge in [-0.25, -0.2) is 0 Å². The van der Waals surface area contributed by atoms with Crippen LogP contribution in [0.15, 0.2) is 0 Å². The molecule has 0 saturated carbocycles. The minimum atomic E-state index is 0.547. The fourth-order valence-electron chi connectivity index (χ4n) is 1.08. The second kappa shape index (κ2) is 5.65. The largest absolute Gasteiger partial charge is 0.363 e. The molecule has 1 heterocycles. The normalized spacial score (nSPS) is 23.1. The van der Waals surface area contributed by atoms with Crippen LogP contribution in [0.4, 0.5) is 0 Å². The molecular weight excluding hydrogens is 188 g/mol. The van der Waals surface area contributed by atoms with Crippen molar-refractivity contribution in [3.05, 3.63) is 0 Å². The molecule has 1 unspecified atom stereocenters. The van der Waals surface area contributed by atoms with Crippen LogP contribution in [-0.4, -0.2) is 22.8 Å². The van der Waals surface area contributed by atoms with Gasteiger partial charge in [0.05, 0.1) is 5.37 Å². The van der Waals surface area contributed by atoms with E-state index in [1.807, 2.05) is 11.8 Å². The number of hydrogen-bond donors (Lipinski definition) is 2. The molecule has 1 fully saturated rings. The van der Waals surface area contributed by atoms with Crippen molar-refractivity contribution in [1.29, 1.82) is 0 Å². The first-order chi connectivity index (χ1) is 5.83. The highest BCUT2D eigenvalue weighted by atomic mass is 32.2. The summed E-state index contributed by atoms with van der Waals surface area (Å²) in [5, 5.41) is 7.73. The van der Waals surface area contributed by atoms with Gasteiger partial charge in [-0.05, 0) is 30.8 Å². The molecule has 0 aromatic rings.